The monoisotopic (exact) mass is 330 g/mol. The van der Waals surface area contributed by atoms with Gasteiger partial charge in [0.15, 0.2) is 11.6 Å². The van der Waals surface area contributed by atoms with Gasteiger partial charge in [-0.1, -0.05) is 24.3 Å². The minimum absolute atomic E-state index is 0.0450. The van der Waals surface area contributed by atoms with E-state index < -0.39 is 17.6 Å². The molecule has 0 aromatic heterocycles. The van der Waals surface area contributed by atoms with E-state index in [0.29, 0.717) is 17.9 Å². The molecule has 0 heterocycles. The Balaban J connectivity index is 1.92. The van der Waals surface area contributed by atoms with Crippen LogP contribution < -0.4 is 15.4 Å². The third-order valence-corrected chi connectivity index (χ3v) is 3.35. The molecule has 0 spiro atoms. The van der Waals surface area contributed by atoms with Crippen LogP contribution in [0.1, 0.15) is 18.1 Å². The van der Waals surface area contributed by atoms with Crippen molar-refractivity contribution < 1.29 is 18.7 Å². The Morgan fingerprint density at radius 1 is 1.12 bits per heavy atom. The quantitative estimate of drug-likeness (QED) is 0.829. The van der Waals surface area contributed by atoms with Crippen LogP contribution in [0.5, 0.6) is 5.75 Å². The molecule has 0 aliphatic rings. The zero-order valence-corrected chi connectivity index (χ0v) is 13.6. The fourth-order valence-electron chi connectivity index (χ4n) is 2.08. The molecule has 0 aliphatic heterocycles. The van der Waals surface area contributed by atoms with Crippen LogP contribution in [0.15, 0.2) is 42.5 Å². The molecular weight excluding hydrogens is 311 g/mol. The number of carbonyl (C=O) groups excluding carboxylic acids is 2. The van der Waals surface area contributed by atoms with E-state index in [1.54, 1.807) is 25.1 Å². The van der Waals surface area contributed by atoms with Gasteiger partial charge in [0.2, 0.25) is 0 Å². The number of ether oxygens (including phenoxy) is 1. The highest BCUT2D eigenvalue weighted by Gasteiger charge is 2.14. The van der Waals surface area contributed by atoms with E-state index in [4.69, 9.17) is 4.74 Å². The Morgan fingerprint density at radius 2 is 1.88 bits per heavy atom. The van der Waals surface area contributed by atoms with Gasteiger partial charge in [-0.2, -0.15) is 0 Å². The maximum Gasteiger partial charge on any atom is 0.313 e. The van der Waals surface area contributed by atoms with Crippen molar-refractivity contribution in [2.45, 2.75) is 20.4 Å². The van der Waals surface area contributed by atoms with Crippen LogP contribution in [0.4, 0.5) is 10.1 Å². The topological polar surface area (TPSA) is 67.4 Å². The normalized spacial score (nSPS) is 10.1. The van der Waals surface area contributed by atoms with E-state index in [0.717, 1.165) is 5.56 Å². The van der Waals surface area contributed by atoms with Gasteiger partial charge in [-0.15, -0.1) is 0 Å². The molecular formula is C18H19FN2O3. The van der Waals surface area contributed by atoms with Crippen molar-refractivity contribution in [1.82, 2.24) is 5.32 Å². The SMILES string of the molecule is CCOc1ccc(CNC(=O)C(=O)Nc2ccccc2C)cc1F. The minimum Gasteiger partial charge on any atom is -0.491 e. The molecule has 2 aromatic rings. The van der Waals surface area contributed by atoms with Gasteiger partial charge in [-0.3, -0.25) is 9.59 Å². The van der Waals surface area contributed by atoms with Crippen LogP contribution in [0, 0.1) is 12.7 Å². The van der Waals surface area contributed by atoms with Gasteiger partial charge in [-0.05, 0) is 43.2 Å². The fourth-order valence-corrected chi connectivity index (χ4v) is 2.08. The van der Waals surface area contributed by atoms with Crippen LogP contribution in [0.3, 0.4) is 0 Å². The molecule has 24 heavy (non-hydrogen) atoms. The summed E-state index contributed by atoms with van der Waals surface area (Å²) in [5.41, 5.74) is 1.96. The van der Waals surface area contributed by atoms with Crippen molar-refractivity contribution in [3.8, 4) is 5.75 Å². The summed E-state index contributed by atoms with van der Waals surface area (Å²) in [7, 11) is 0. The molecule has 2 amide bonds. The average molecular weight is 330 g/mol. The molecule has 0 radical (unpaired) electrons. The third-order valence-electron chi connectivity index (χ3n) is 3.35. The highest BCUT2D eigenvalue weighted by Crippen LogP contribution is 2.18. The van der Waals surface area contributed by atoms with Crippen LogP contribution in [0.2, 0.25) is 0 Å². The summed E-state index contributed by atoms with van der Waals surface area (Å²) in [6.45, 7) is 4.01. The summed E-state index contributed by atoms with van der Waals surface area (Å²) in [5.74, 6) is -1.90. The lowest BCUT2D eigenvalue weighted by atomic mass is 10.2. The molecule has 0 saturated heterocycles. The van der Waals surface area contributed by atoms with E-state index >= 15 is 0 Å². The first kappa shape index (κ1) is 17.5. The van der Waals surface area contributed by atoms with Gasteiger partial charge in [0.05, 0.1) is 6.61 Å². The molecule has 2 aromatic carbocycles. The summed E-state index contributed by atoms with van der Waals surface area (Å²) in [6.07, 6.45) is 0. The van der Waals surface area contributed by atoms with Crippen molar-refractivity contribution in [3.05, 3.63) is 59.4 Å². The highest BCUT2D eigenvalue weighted by molar-refractivity contribution is 6.39. The Labute approximate surface area is 139 Å². The van der Waals surface area contributed by atoms with Gasteiger partial charge in [-0.25, -0.2) is 4.39 Å². The van der Waals surface area contributed by atoms with E-state index in [-0.39, 0.29) is 12.3 Å². The predicted octanol–water partition coefficient (Wildman–Crippen LogP) is 2.79. The first-order valence-electron chi connectivity index (χ1n) is 7.57. The molecule has 2 rings (SSSR count). The Morgan fingerprint density at radius 3 is 2.54 bits per heavy atom. The number of hydrogen-bond donors (Lipinski definition) is 2. The molecule has 0 fully saturated rings. The van der Waals surface area contributed by atoms with Gasteiger partial charge in [0.1, 0.15) is 0 Å². The second-order valence-electron chi connectivity index (χ2n) is 5.15. The molecule has 126 valence electrons. The number of amides is 2. The van der Waals surface area contributed by atoms with Gasteiger partial charge in [0.25, 0.3) is 0 Å². The smallest absolute Gasteiger partial charge is 0.313 e. The zero-order chi connectivity index (χ0) is 17.5. The fraction of sp³-hybridized carbons (Fsp3) is 0.222. The molecule has 5 nitrogen and oxygen atoms in total. The number of hydrogen-bond acceptors (Lipinski definition) is 3. The first-order chi connectivity index (χ1) is 11.5. The minimum atomic E-state index is -0.785. The van der Waals surface area contributed by atoms with Crippen molar-refractivity contribution in [2.24, 2.45) is 0 Å². The molecule has 0 aliphatic carbocycles. The number of benzene rings is 2. The van der Waals surface area contributed by atoms with Crippen LogP contribution >= 0.6 is 0 Å². The Bertz CT molecular complexity index is 747. The Hall–Kier alpha value is -2.89. The zero-order valence-electron chi connectivity index (χ0n) is 13.6. The van der Waals surface area contributed by atoms with Crippen LogP contribution in [-0.4, -0.2) is 18.4 Å². The lowest BCUT2D eigenvalue weighted by Gasteiger charge is -2.09. The van der Waals surface area contributed by atoms with Crippen LogP contribution in [-0.2, 0) is 16.1 Å². The van der Waals surface area contributed by atoms with E-state index in [2.05, 4.69) is 10.6 Å². The van der Waals surface area contributed by atoms with Crippen LogP contribution in [0.25, 0.3) is 0 Å². The lowest BCUT2D eigenvalue weighted by molar-refractivity contribution is -0.136. The van der Waals surface area contributed by atoms with Crippen molar-refractivity contribution in [1.29, 1.82) is 0 Å². The number of carbonyl (C=O) groups is 2. The highest BCUT2D eigenvalue weighted by atomic mass is 19.1. The summed E-state index contributed by atoms with van der Waals surface area (Å²) in [5, 5.41) is 5.00. The maximum atomic E-state index is 13.7. The van der Waals surface area contributed by atoms with Crippen molar-refractivity contribution >= 4 is 17.5 Å². The maximum absolute atomic E-state index is 13.7. The van der Waals surface area contributed by atoms with E-state index in [9.17, 15) is 14.0 Å². The largest absolute Gasteiger partial charge is 0.491 e. The molecule has 0 atom stereocenters. The molecule has 6 heteroatoms. The van der Waals surface area contributed by atoms with Gasteiger partial charge >= 0.3 is 11.8 Å². The van der Waals surface area contributed by atoms with E-state index in [1.165, 1.54) is 12.1 Å². The molecule has 0 unspecified atom stereocenters. The number of aryl methyl sites for hydroxylation is 1. The Kier molecular flexibility index (Phi) is 5.89. The molecule has 2 N–H and O–H groups in total. The van der Waals surface area contributed by atoms with Gasteiger partial charge < -0.3 is 15.4 Å². The van der Waals surface area contributed by atoms with Crippen molar-refractivity contribution in [2.75, 3.05) is 11.9 Å². The van der Waals surface area contributed by atoms with E-state index in [1.807, 2.05) is 19.1 Å². The number of para-hydroxylation sites is 1. The number of nitrogens with one attached hydrogen (secondary N) is 2. The lowest BCUT2D eigenvalue weighted by Crippen LogP contribution is -2.35. The van der Waals surface area contributed by atoms with Crippen molar-refractivity contribution in [3.63, 3.8) is 0 Å². The summed E-state index contributed by atoms with van der Waals surface area (Å²) in [4.78, 5) is 23.7. The second-order valence-corrected chi connectivity index (χ2v) is 5.15. The average Bonchev–Trinajstić information content (AvgIpc) is 2.57. The third kappa shape index (κ3) is 4.55. The first-order valence-corrected chi connectivity index (χ1v) is 7.57. The predicted molar refractivity (Wildman–Crippen MR) is 89.2 cm³/mol. The number of halogens is 1. The molecule has 0 saturated carbocycles. The number of rotatable bonds is 5. The number of anilines is 1. The standard InChI is InChI=1S/C18H19FN2O3/c1-3-24-16-9-8-13(10-14(16)19)11-20-17(22)18(23)21-15-7-5-4-6-12(15)2/h4-10H,3,11H2,1-2H3,(H,20,22)(H,21,23). The summed E-state index contributed by atoms with van der Waals surface area (Å²) >= 11 is 0. The molecule has 0 bridgehead atoms. The summed E-state index contributed by atoms with van der Waals surface area (Å²) < 4.78 is 18.8. The summed E-state index contributed by atoms with van der Waals surface area (Å²) in [6, 6.07) is 11.5. The second kappa shape index (κ2) is 8.10. The van der Waals surface area contributed by atoms with Gasteiger partial charge in [0, 0.05) is 12.2 Å².